The van der Waals surface area contributed by atoms with Crippen molar-refractivity contribution in [2.24, 2.45) is 0 Å². The van der Waals surface area contributed by atoms with Gasteiger partial charge in [-0.15, -0.1) is 0 Å². The van der Waals surface area contributed by atoms with Crippen LogP contribution in [-0.4, -0.2) is 18.1 Å². The highest BCUT2D eigenvalue weighted by Crippen LogP contribution is 2.31. The minimum absolute atomic E-state index is 0.0523. The van der Waals surface area contributed by atoms with E-state index in [1.54, 1.807) is 19.1 Å². The SMILES string of the molecule is CC1(c2cccc([N+](=O)[O-])c2)OCCCO1. The summed E-state index contributed by atoms with van der Waals surface area (Å²) in [6.45, 7) is 3.00. The Morgan fingerprint density at radius 1 is 1.38 bits per heavy atom. The van der Waals surface area contributed by atoms with Gasteiger partial charge in [-0.05, 0) is 13.3 Å². The maximum absolute atomic E-state index is 10.7. The molecule has 1 aromatic carbocycles. The molecule has 2 rings (SSSR count). The lowest BCUT2D eigenvalue weighted by atomic mass is 10.1. The van der Waals surface area contributed by atoms with Crippen molar-refractivity contribution < 1.29 is 14.4 Å². The molecule has 0 bridgehead atoms. The monoisotopic (exact) mass is 223 g/mol. The van der Waals surface area contributed by atoms with Gasteiger partial charge in [0.15, 0.2) is 5.79 Å². The maximum Gasteiger partial charge on any atom is 0.269 e. The van der Waals surface area contributed by atoms with E-state index in [-0.39, 0.29) is 5.69 Å². The average Bonchev–Trinajstić information content (AvgIpc) is 2.30. The van der Waals surface area contributed by atoms with Crippen LogP contribution in [0.5, 0.6) is 0 Å². The fraction of sp³-hybridized carbons (Fsp3) is 0.455. The predicted molar refractivity (Wildman–Crippen MR) is 57.0 cm³/mol. The van der Waals surface area contributed by atoms with E-state index < -0.39 is 10.7 Å². The van der Waals surface area contributed by atoms with E-state index in [0.29, 0.717) is 18.8 Å². The number of nitrogens with zero attached hydrogens (tertiary/aromatic N) is 1. The van der Waals surface area contributed by atoms with E-state index in [4.69, 9.17) is 9.47 Å². The van der Waals surface area contributed by atoms with E-state index in [1.165, 1.54) is 12.1 Å². The van der Waals surface area contributed by atoms with Crippen molar-refractivity contribution in [1.29, 1.82) is 0 Å². The van der Waals surface area contributed by atoms with Crippen LogP contribution in [0.1, 0.15) is 18.9 Å². The Labute approximate surface area is 93.1 Å². The van der Waals surface area contributed by atoms with Crippen LogP contribution in [0.3, 0.4) is 0 Å². The molecule has 1 fully saturated rings. The number of nitro groups is 1. The van der Waals surface area contributed by atoms with Gasteiger partial charge < -0.3 is 9.47 Å². The first-order valence-electron chi connectivity index (χ1n) is 5.15. The lowest BCUT2D eigenvalue weighted by molar-refractivity contribution is -0.385. The molecule has 5 nitrogen and oxygen atoms in total. The fourth-order valence-electron chi connectivity index (χ4n) is 1.70. The first kappa shape index (κ1) is 11.0. The summed E-state index contributed by atoms with van der Waals surface area (Å²) in [5, 5.41) is 10.7. The lowest BCUT2D eigenvalue weighted by Crippen LogP contribution is -2.34. The summed E-state index contributed by atoms with van der Waals surface area (Å²) >= 11 is 0. The maximum atomic E-state index is 10.7. The zero-order valence-electron chi connectivity index (χ0n) is 9.01. The highest BCUT2D eigenvalue weighted by molar-refractivity contribution is 5.36. The van der Waals surface area contributed by atoms with Gasteiger partial charge in [0.1, 0.15) is 0 Å². The van der Waals surface area contributed by atoms with Crippen LogP contribution in [0, 0.1) is 10.1 Å². The first-order chi connectivity index (χ1) is 7.62. The summed E-state index contributed by atoms with van der Waals surface area (Å²) in [6.07, 6.45) is 0.852. The molecule has 86 valence electrons. The Hall–Kier alpha value is -1.46. The van der Waals surface area contributed by atoms with E-state index >= 15 is 0 Å². The number of rotatable bonds is 2. The van der Waals surface area contributed by atoms with Crippen molar-refractivity contribution in [3.8, 4) is 0 Å². The van der Waals surface area contributed by atoms with E-state index in [9.17, 15) is 10.1 Å². The summed E-state index contributed by atoms with van der Waals surface area (Å²) in [5.41, 5.74) is 0.734. The van der Waals surface area contributed by atoms with Crippen molar-refractivity contribution in [3.63, 3.8) is 0 Å². The molecular weight excluding hydrogens is 210 g/mol. The zero-order valence-corrected chi connectivity index (χ0v) is 9.01. The van der Waals surface area contributed by atoms with Crippen molar-refractivity contribution in [2.75, 3.05) is 13.2 Å². The molecule has 1 aliphatic rings. The molecular formula is C11H13NO4. The molecule has 1 aromatic rings. The third-order valence-corrected chi connectivity index (χ3v) is 2.63. The van der Waals surface area contributed by atoms with E-state index in [1.807, 2.05) is 0 Å². The molecule has 16 heavy (non-hydrogen) atoms. The standard InChI is InChI=1S/C11H13NO4/c1-11(15-6-3-7-16-11)9-4-2-5-10(8-9)12(13)14/h2,4-5,8H,3,6-7H2,1H3. The van der Waals surface area contributed by atoms with Crippen LogP contribution >= 0.6 is 0 Å². The van der Waals surface area contributed by atoms with Crippen LogP contribution in [0.25, 0.3) is 0 Å². The van der Waals surface area contributed by atoms with Crippen LogP contribution in [0.4, 0.5) is 5.69 Å². The average molecular weight is 223 g/mol. The van der Waals surface area contributed by atoms with Crippen molar-refractivity contribution >= 4 is 5.69 Å². The molecule has 1 saturated heterocycles. The summed E-state index contributed by atoms with van der Waals surface area (Å²) in [6, 6.07) is 6.36. The Bertz CT molecular complexity index is 399. The minimum atomic E-state index is -0.857. The molecule has 0 aromatic heterocycles. The van der Waals surface area contributed by atoms with Crippen LogP contribution < -0.4 is 0 Å². The van der Waals surface area contributed by atoms with Gasteiger partial charge in [-0.1, -0.05) is 12.1 Å². The third-order valence-electron chi connectivity index (χ3n) is 2.63. The second kappa shape index (κ2) is 4.19. The molecule has 0 atom stereocenters. The van der Waals surface area contributed by atoms with Gasteiger partial charge in [-0.25, -0.2) is 0 Å². The molecule has 0 aliphatic carbocycles. The van der Waals surface area contributed by atoms with Gasteiger partial charge in [-0.3, -0.25) is 10.1 Å². The summed E-state index contributed by atoms with van der Waals surface area (Å²) in [4.78, 5) is 10.2. The topological polar surface area (TPSA) is 61.6 Å². The van der Waals surface area contributed by atoms with E-state index in [2.05, 4.69) is 0 Å². The molecule has 1 aliphatic heterocycles. The van der Waals surface area contributed by atoms with Gasteiger partial charge in [0, 0.05) is 17.7 Å². The van der Waals surface area contributed by atoms with Crippen LogP contribution in [0.2, 0.25) is 0 Å². The quantitative estimate of drug-likeness (QED) is 0.569. The highest BCUT2D eigenvalue weighted by atomic mass is 16.7. The largest absolute Gasteiger partial charge is 0.346 e. The van der Waals surface area contributed by atoms with Crippen molar-refractivity contribution in [2.45, 2.75) is 19.1 Å². The van der Waals surface area contributed by atoms with Crippen molar-refractivity contribution in [1.82, 2.24) is 0 Å². The number of benzene rings is 1. The number of hydrogen-bond acceptors (Lipinski definition) is 4. The molecule has 0 saturated carbocycles. The number of nitro benzene ring substituents is 1. The Kier molecular flexibility index (Phi) is 2.89. The molecule has 1 heterocycles. The number of hydrogen-bond donors (Lipinski definition) is 0. The van der Waals surface area contributed by atoms with Gasteiger partial charge in [-0.2, -0.15) is 0 Å². The molecule has 5 heteroatoms. The molecule has 0 amide bonds. The number of non-ortho nitro benzene ring substituents is 1. The minimum Gasteiger partial charge on any atom is -0.346 e. The fourth-order valence-corrected chi connectivity index (χ4v) is 1.70. The molecule has 0 unspecified atom stereocenters. The second-order valence-electron chi connectivity index (χ2n) is 3.80. The Morgan fingerprint density at radius 3 is 2.69 bits per heavy atom. The lowest BCUT2D eigenvalue weighted by Gasteiger charge is -2.34. The Balaban J connectivity index is 2.31. The zero-order chi connectivity index (χ0) is 11.6. The molecule has 0 spiro atoms. The Morgan fingerprint density at radius 2 is 2.06 bits per heavy atom. The summed E-state index contributed by atoms with van der Waals surface area (Å²) < 4.78 is 11.1. The van der Waals surface area contributed by atoms with Gasteiger partial charge in [0.25, 0.3) is 5.69 Å². The third kappa shape index (κ3) is 2.05. The van der Waals surface area contributed by atoms with Crippen LogP contribution in [-0.2, 0) is 15.3 Å². The molecule has 0 radical (unpaired) electrons. The van der Waals surface area contributed by atoms with Gasteiger partial charge in [0.2, 0.25) is 0 Å². The number of ether oxygens (including phenoxy) is 2. The van der Waals surface area contributed by atoms with Gasteiger partial charge >= 0.3 is 0 Å². The van der Waals surface area contributed by atoms with Crippen molar-refractivity contribution in [3.05, 3.63) is 39.9 Å². The summed E-state index contributed by atoms with van der Waals surface area (Å²) in [7, 11) is 0. The normalized spacial score (nSPS) is 19.3. The van der Waals surface area contributed by atoms with Gasteiger partial charge in [0.05, 0.1) is 18.1 Å². The summed E-state index contributed by atoms with van der Waals surface area (Å²) in [5.74, 6) is -0.857. The first-order valence-corrected chi connectivity index (χ1v) is 5.15. The van der Waals surface area contributed by atoms with E-state index in [0.717, 1.165) is 6.42 Å². The predicted octanol–water partition coefficient (Wildman–Crippen LogP) is 2.20. The van der Waals surface area contributed by atoms with Crippen LogP contribution in [0.15, 0.2) is 24.3 Å². The second-order valence-corrected chi connectivity index (χ2v) is 3.80. The smallest absolute Gasteiger partial charge is 0.269 e. The highest BCUT2D eigenvalue weighted by Gasteiger charge is 2.32. The molecule has 0 N–H and O–H groups in total.